The zero-order chi connectivity index (χ0) is 8.10. The van der Waals surface area contributed by atoms with Crippen LogP contribution in [-0.2, 0) is 9.63 Å². The van der Waals surface area contributed by atoms with Crippen molar-refractivity contribution in [3.8, 4) is 0 Å². The van der Waals surface area contributed by atoms with Crippen molar-refractivity contribution in [2.24, 2.45) is 0 Å². The van der Waals surface area contributed by atoms with E-state index in [9.17, 15) is 4.79 Å². The van der Waals surface area contributed by atoms with Gasteiger partial charge in [-0.1, -0.05) is 0 Å². The SMILES string of the molecule is CCON1CCN(C=O)CC1. The molecule has 1 aliphatic rings. The fourth-order valence-corrected chi connectivity index (χ4v) is 1.12. The molecule has 0 aromatic carbocycles. The number of hydroxylamine groups is 2. The van der Waals surface area contributed by atoms with Gasteiger partial charge in [-0.3, -0.25) is 9.63 Å². The van der Waals surface area contributed by atoms with Gasteiger partial charge in [0.05, 0.1) is 6.61 Å². The molecule has 11 heavy (non-hydrogen) atoms. The first-order valence-corrected chi connectivity index (χ1v) is 3.94. The molecule has 1 saturated heterocycles. The van der Waals surface area contributed by atoms with Crippen LogP contribution in [0.1, 0.15) is 6.92 Å². The van der Waals surface area contributed by atoms with E-state index in [2.05, 4.69) is 0 Å². The molecule has 0 unspecified atom stereocenters. The zero-order valence-corrected chi connectivity index (χ0v) is 6.82. The third-order valence-corrected chi connectivity index (χ3v) is 1.73. The molecule has 1 fully saturated rings. The maximum absolute atomic E-state index is 10.3. The van der Waals surface area contributed by atoms with E-state index in [4.69, 9.17) is 4.84 Å². The zero-order valence-electron chi connectivity index (χ0n) is 6.82. The van der Waals surface area contributed by atoms with E-state index in [-0.39, 0.29) is 0 Å². The second-order valence-corrected chi connectivity index (χ2v) is 2.49. The largest absolute Gasteiger partial charge is 0.343 e. The lowest BCUT2D eigenvalue weighted by Gasteiger charge is -2.31. The monoisotopic (exact) mass is 158 g/mol. The molecule has 4 heteroatoms. The molecule has 0 aromatic heterocycles. The Morgan fingerprint density at radius 2 is 2.00 bits per heavy atom. The fourth-order valence-electron chi connectivity index (χ4n) is 1.12. The van der Waals surface area contributed by atoms with Gasteiger partial charge in [0.15, 0.2) is 0 Å². The summed E-state index contributed by atoms with van der Waals surface area (Å²) in [5.41, 5.74) is 0. The van der Waals surface area contributed by atoms with E-state index >= 15 is 0 Å². The molecule has 1 amide bonds. The van der Waals surface area contributed by atoms with Gasteiger partial charge in [0.25, 0.3) is 0 Å². The molecule has 0 atom stereocenters. The number of carbonyl (C=O) groups excluding carboxylic acids is 1. The van der Waals surface area contributed by atoms with Crippen LogP contribution in [0.5, 0.6) is 0 Å². The minimum atomic E-state index is 0.709. The summed E-state index contributed by atoms with van der Waals surface area (Å²) in [6, 6.07) is 0. The summed E-state index contributed by atoms with van der Waals surface area (Å²) in [7, 11) is 0. The Balaban J connectivity index is 2.18. The third kappa shape index (κ3) is 2.48. The summed E-state index contributed by atoms with van der Waals surface area (Å²) < 4.78 is 0. The summed E-state index contributed by atoms with van der Waals surface area (Å²) in [6.45, 7) is 5.89. The molecule has 1 heterocycles. The average molecular weight is 158 g/mol. The summed E-state index contributed by atoms with van der Waals surface area (Å²) >= 11 is 0. The fraction of sp³-hybridized carbons (Fsp3) is 0.857. The molecule has 0 aromatic rings. The predicted octanol–water partition coefficient (Wildman–Crippen LogP) is -0.288. The number of hydrogen-bond acceptors (Lipinski definition) is 3. The van der Waals surface area contributed by atoms with Crippen molar-refractivity contribution in [1.29, 1.82) is 0 Å². The van der Waals surface area contributed by atoms with Crippen LogP contribution in [0.25, 0.3) is 0 Å². The van der Waals surface area contributed by atoms with Gasteiger partial charge < -0.3 is 4.90 Å². The van der Waals surface area contributed by atoms with Crippen molar-refractivity contribution in [2.45, 2.75) is 6.92 Å². The summed E-state index contributed by atoms with van der Waals surface area (Å²) in [5, 5.41) is 1.90. The van der Waals surface area contributed by atoms with Crippen molar-refractivity contribution >= 4 is 6.41 Å². The third-order valence-electron chi connectivity index (χ3n) is 1.73. The Morgan fingerprint density at radius 3 is 2.45 bits per heavy atom. The number of amides is 1. The van der Waals surface area contributed by atoms with Crippen LogP contribution >= 0.6 is 0 Å². The number of hydrogen-bond donors (Lipinski definition) is 0. The first-order chi connectivity index (χ1) is 5.36. The first kappa shape index (κ1) is 8.49. The van der Waals surface area contributed by atoms with Crippen LogP contribution < -0.4 is 0 Å². The van der Waals surface area contributed by atoms with E-state index in [1.165, 1.54) is 0 Å². The van der Waals surface area contributed by atoms with Gasteiger partial charge in [0.1, 0.15) is 0 Å². The van der Waals surface area contributed by atoms with Crippen molar-refractivity contribution in [3.63, 3.8) is 0 Å². The van der Waals surface area contributed by atoms with Gasteiger partial charge >= 0.3 is 0 Å². The van der Waals surface area contributed by atoms with Gasteiger partial charge in [-0.15, -0.1) is 0 Å². The average Bonchev–Trinajstić information content (AvgIpc) is 2.07. The van der Waals surface area contributed by atoms with Gasteiger partial charge in [-0.05, 0) is 6.92 Å². The maximum atomic E-state index is 10.3. The number of piperazine rings is 1. The van der Waals surface area contributed by atoms with E-state index in [1.807, 2.05) is 12.0 Å². The lowest BCUT2D eigenvalue weighted by Crippen LogP contribution is -2.45. The number of rotatable bonds is 3. The Bertz CT molecular complexity index is 122. The van der Waals surface area contributed by atoms with E-state index in [0.717, 1.165) is 32.6 Å². The van der Waals surface area contributed by atoms with E-state index < -0.39 is 0 Å². The van der Waals surface area contributed by atoms with E-state index in [0.29, 0.717) is 6.61 Å². The van der Waals surface area contributed by atoms with Crippen molar-refractivity contribution in [3.05, 3.63) is 0 Å². The van der Waals surface area contributed by atoms with Crippen molar-refractivity contribution in [2.75, 3.05) is 32.8 Å². The Labute approximate surface area is 66.7 Å². The summed E-state index contributed by atoms with van der Waals surface area (Å²) in [5.74, 6) is 0. The highest BCUT2D eigenvalue weighted by Gasteiger charge is 2.14. The highest BCUT2D eigenvalue weighted by molar-refractivity contribution is 5.47. The molecular weight excluding hydrogens is 144 g/mol. The molecule has 0 N–H and O–H groups in total. The van der Waals surface area contributed by atoms with Crippen molar-refractivity contribution < 1.29 is 9.63 Å². The Hall–Kier alpha value is -0.610. The first-order valence-electron chi connectivity index (χ1n) is 3.94. The standard InChI is InChI=1S/C7H14N2O2/c1-2-11-9-5-3-8(7-10)4-6-9/h7H,2-6H2,1H3. The highest BCUT2D eigenvalue weighted by Crippen LogP contribution is 1.98. The van der Waals surface area contributed by atoms with Crippen LogP contribution in [0.15, 0.2) is 0 Å². The summed E-state index contributed by atoms with van der Waals surface area (Å²) in [4.78, 5) is 17.3. The quantitative estimate of drug-likeness (QED) is 0.529. The molecule has 0 aliphatic carbocycles. The predicted molar refractivity (Wildman–Crippen MR) is 40.8 cm³/mol. The molecule has 0 radical (unpaired) electrons. The lowest BCUT2D eigenvalue weighted by molar-refractivity contribution is -0.173. The lowest BCUT2D eigenvalue weighted by atomic mass is 10.4. The van der Waals surface area contributed by atoms with Gasteiger partial charge in [0, 0.05) is 26.2 Å². The van der Waals surface area contributed by atoms with E-state index in [1.54, 1.807) is 4.90 Å². The molecule has 0 saturated carbocycles. The normalized spacial score (nSPS) is 20.3. The number of nitrogens with zero attached hydrogens (tertiary/aromatic N) is 2. The van der Waals surface area contributed by atoms with Crippen LogP contribution in [0.2, 0.25) is 0 Å². The molecule has 1 rings (SSSR count). The highest BCUT2D eigenvalue weighted by atomic mass is 16.7. The van der Waals surface area contributed by atoms with Crippen LogP contribution in [0.4, 0.5) is 0 Å². The molecule has 1 aliphatic heterocycles. The minimum absolute atomic E-state index is 0.709. The van der Waals surface area contributed by atoms with Gasteiger partial charge in [0.2, 0.25) is 6.41 Å². The Morgan fingerprint density at radius 1 is 1.36 bits per heavy atom. The topological polar surface area (TPSA) is 32.8 Å². The Kier molecular flexibility index (Phi) is 3.32. The number of carbonyl (C=O) groups is 1. The molecule has 64 valence electrons. The maximum Gasteiger partial charge on any atom is 0.209 e. The van der Waals surface area contributed by atoms with Crippen LogP contribution in [0.3, 0.4) is 0 Å². The minimum Gasteiger partial charge on any atom is -0.343 e. The molecular formula is C7H14N2O2. The molecule has 0 bridgehead atoms. The van der Waals surface area contributed by atoms with Crippen LogP contribution in [0, 0.1) is 0 Å². The van der Waals surface area contributed by atoms with Gasteiger partial charge in [-0.25, -0.2) is 0 Å². The second-order valence-electron chi connectivity index (χ2n) is 2.49. The summed E-state index contributed by atoms with van der Waals surface area (Å²) in [6.07, 6.45) is 0.892. The second kappa shape index (κ2) is 4.31. The molecule has 4 nitrogen and oxygen atoms in total. The van der Waals surface area contributed by atoms with Crippen molar-refractivity contribution in [1.82, 2.24) is 9.96 Å². The van der Waals surface area contributed by atoms with Crippen LogP contribution in [-0.4, -0.2) is 49.2 Å². The van der Waals surface area contributed by atoms with Gasteiger partial charge in [-0.2, -0.15) is 5.06 Å². The molecule has 0 spiro atoms. The smallest absolute Gasteiger partial charge is 0.209 e.